The Balaban J connectivity index is 3.25. The van der Waals surface area contributed by atoms with Gasteiger partial charge in [0.15, 0.2) is 0 Å². The first-order valence-corrected chi connectivity index (χ1v) is 11.7. The predicted molar refractivity (Wildman–Crippen MR) is 66.3 cm³/mol. The lowest BCUT2D eigenvalue weighted by Crippen LogP contribution is -2.07. The van der Waals surface area contributed by atoms with Gasteiger partial charge >= 0.3 is 41.6 Å². The van der Waals surface area contributed by atoms with Crippen LogP contribution in [0.5, 0.6) is 0 Å². The molecule has 0 spiro atoms. The van der Waals surface area contributed by atoms with Crippen LogP contribution in [-0.4, -0.2) is 22.6 Å². The molecule has 1 rings (SSSR count). The summed E-state index contributed by atoms with van der Waals surface area (Å²) in [5.41, 5.74) is 0. The predicted octanol–water partition coefficient (Wildman–Crippen LogP) is 5.37. The normalized spacial score (nSPS) is 27.4. The molecule has 20 heteroatoms. The molecule has 0 amide bonds. The van der Waals surface area contributed by atoms with Gasteiger partial charge in [0, 0.05) is 14.2 Å². The van der Waals surface area contributed by atoms with E-state index in [-0.39, 0.29) is 0 Å². The van der Waals surface area contributed by atoms with E-state index >= 15 is 0 Å². The number of phosphoric ester groups is 1. The number of halogens is 5. The highest BCUT2D eigenvalue weighted by molar-refractivity contribution is 7.92. The third-order valence-electron chi connectivity index (χ3n) is 1.47. The zero-order valence-electron chi connectivity index (χ0n) is 10.3. The van der Waals surface area contributed by atoms with E-state index in [1.807, 2.05) is 9.03 Å². The molecule has 1 aliphatic rings. The molecule has 1 unspecified atom stereocenters. The zero-order valence-corrected chi connectivity index (χ0v) is 14.7. The molecule has 0 radical (unpaired) electrons. The van der Waals surface area contributed by atoms with Gasteiger partial charge in [-0.1, -0.05) is 0 Å². The first kappa shape index (κ1) is 20.4. The van der Waals surface area contributed by atoms with Crippen LogP contribution < -0.4 is 0 Å². The van der Waals surface area contributed by atoms with Crippen LogP contribution in [0.2, 0.25) is 0 Å². The summed E-state index contributed by atoms with van der Waals surface area (Å²) in [4.78, 5) is 0. The molecule has 0 aromatic carbocycles. The van der Waals surface area contributed by atoms with Gasteiger partial charge in [0.2, 0.25) is 0 Å². The Bertz CT molecular complexity index is 751. The summed E-state index contributed by atoms with van der Waals surface area (Å²) in [7, 11) is -27.6. The van der Waals surface area contributed by atoms with Gasteiger partial charge in [-0.15, -0.1) is 34.3 Å². The Morgan fingerprint density at radius 3 is 1.77 bits per heavy atom. The van der Waals surface area contributed by atoms with E-state index < -0.39 is 41.6 Å². The minimum atomic E-state index is -6.18. The molecule has 1 atom stereocenters. The summed E-state index contributed by atoms with van der Waals surface area (Å²) in [6, 6.07) is 0. The first-order chi connectivity index (χ1) is 9.66. The molecule has 0 saturated carbocycles. The van der Waals surface area contributed by atoms with Crippen molar-refractivity contribution < 1.29 is 51.0 Å². The van der Waals surface area contributed by atoms with Crippen molar-refractivity contribution in [3.8, 4) is 0 Å². The van der Waals surface area contributed by atoms with E-state index in [4.69, 9.17) is 0 Å². The second-order valence-electron chi connectivity index (χ2n) is 3.02. The Hall–Kier alpha value is 0.360. The fourth-order valence-electron chi connectivity index (χ4n) is 0.855. The molecule has 0 aromatic heterocycles. The molecule has 0 saturated heterocycles. The van der Waals surface area contributed by atoms with E-state index in [9.17, 15) is 34.0 Å². The standard InChI is InChI=1S/C2H6F5N3O7P4S/c1-14-21(11,15-2)17-22(12,13)16-20(7)9-18(3,4)8-19(5,6)10-20/h1-2H3. The maximum atomic E-state index is 13.8. The van der Waals surface area contributed by atoms with Crippen molar-refractivity contribution in [1.29, 1.82) is 0 Å². The van der Waals surface area contributed by atoms with Crippen LogP contribution in [0.3, 0.4) is 0 Å². The van der Waals surface area contributed by atoms with Crippen molar-refractivity contribution in [2.75, 3.05) is 14.2 Å². The monoisotopic (exact) mass is 435 g/mol. The summed E-state index contributed by atoms with van der Waals surface area (Å²) in [5.74, 6) is 0. The maximum Gasteiger partial charge on any atom is 0.490 e. The molecule has 22 heavy (non-hydrogen) atoms. The molecule has 10 nitrogen and oxygen atoms in total. The molecule has 0 N–H and O–H groups in total. The van der Waals surface area contributed by atoms with Crippen LogP contribution in [0.15, 0.2) is 13.5 Å². The molecule has 132 valence electrons. The van der Waals surface area contributed by atoms with Crippen LogP contribution >= 0.6 is 31.2 Å². The quantitative estimate of drug-likeness (QED) is 0.406. The molecule has 0 bridgehead atoms. The van der Waals surface area contributed by atoms with Crippen molar-refractivity contribution in [3.63, 3.8) is 0 Å². The van der Waals surface area contributed by atoms with Crippen molar-refractivity contribution >= 4 is 41.6 Å². The third-order valence-corrected chi connectivity index (χ3v) is 10.5. The van der Waals surface area contributed by atoms with E-state index in [2.05, 4.69) is 17.0 Å². The number of nitrogens with zero attached hydrogens (tertiary/aromatic N) is 3. The van der Waals surface area contributed by atoms with E-state index in [0.29, 0.717) is 14.2 Å². The molecule has 0 aliphatic carbocycles. The second kappa shape index (κ2) is 6.34. The lowest BCUT2D eigenvalue weighted by atomic mass is 11.8. The van der Waals surface area contributed by atoms with Gasteiger partial charge in [0.25, 0.3) is 0 Å². The zero-order chi connectivity index (χ0) is 17.4. The van der Waals surface area contributed by atoms with Crippen LogP contribution in [0.25, 0.3) is 0 Å². The fourth-order valence-corrected chi connectivity index (χ4v) is 9.00. The summed E-state index contributed by atoms with van der Waals surface area (Å²) >= 11 is 0. The van der Waals surface area contributed by atoms with Crippen molar-refractivity contribution in [3.05, 3.63) is 0 Å². The molecule has 0 fully saturated rings. The number of phosphoric acid groups is 1. The van der Waals surface area contributed by atoms with Crippen molar-refractivity contribution in [2.24, 2.45) is 13.5 Å². The van der Waals surface area contributed by atoms with Crippen LogP contribution in [0, 0.1) is 0 Å². The topological polar surface area (TPSA) is 125 Å². The molecular formula is C2H6F5N3O7P4S. The lowest BCUT2D eigenvalue weighted by Gasteiger charge is -2.17. The van der Waals surface area contributed by atoms with Crippen LogP contribution in [-0.2, 0) is 32.0 Å². The van der Waals surface area contributed by atoms with Gasteiger partial charge < -0.3 is 0 Å². The summed E-state index contributed by atoms with van der Waals surface area (Å²) in [6.07, 6.45) is 0. The van der Waals surface area contributed by atoms with Crippen molar-refractivity contribution in [1.82, 2.24) is 0 Å². The molecule has 1 heterocycles. The van der Waals surface area contributed by atoms with Gasteiger partial charge in [-0.05, 0) is 0 Å². The molecular weight excluding hydrogens is 429 g/mol. The van der Waals surface area contributed by atoms with E-state index in [0.717, 1.165) is 0 Å². The minimum Gasteiger partial charge on any atom is -0.289 e. The SMILES string of the molecule is COP(=O)(OC)OS(=O)(=O)OP1(F)=NP(F)(F)=NP(F)(F)=N1. The van der Waals surface area contributed by atoms with Gasteiger partial charge in [0.05, 0.1) is 0 Å². The van der Waals surface area contributed by atoms with Crippen LogP contribution in [0.4, 0.5) is 21.0 Å². The minimum absolute atomic E-state index is 0.660. The van der Waals surface area contributed by atoms with Gasteiger partial charge in [-0.3, -0.25) is 9.05 Å². The van der Waals surface area contributed by atoms with Crippen molar-refractivity contribution in [2.45, 2.75) is 0 Å². The van der Waals surface area contributed by atoms with Gasteiger partial charge in [-0.25, -0.2) is 4.57 Å². The largest absolute Gasteiger partial charge is 0.490 e. The lowest BCUT2D eigenvalue weighted by molar-refractivity contribution is 0.206. The number of hydrogen-bond donors (Lipinski definition) is 0. The second-order valence-corrected chi connectivity index (χ2v) is 11.6. The summed E-state index contributed by atoms with van der Waals surface area (Å²) in [6.45, 7) is 0. The first-order valence-electron chi connectivity index (χ1n) is 4.44. The van der Waals surface area contributed by atoms with E-state index in [1.165, 1.54) is 0 Å². The highest BCUT2D eigenvalue weighted by Crippen LogP contribution is 2.82. The molecule has 1 aliphatic heterocycles. The average molecular weight is 435 g/mol. The highest BCUT2D eigenvalue weighted by Gasteiger charge is 2.45. The van der Waals surface area contributed by atoms with Gasteiger partial charge in [-0.2, -0.15) is 16.6 Å². The van der Waals surface area contributed by atoms with Gasteiger partial charge in [0.1, 0.15) is 0 Å². The highest BCUT2D eigenvalue weighted by atomic mass is 32.3. The fraction of sp³-hybridized carbons (Fsp3) is 1.00. The molecule has 0 aromatic rings. The number of rotatable bonds is 6. The smallest absolute Gasteiger partial charge is 0.289 e. The summed E-state index contributed by atoms with van der Waals surface area (Å²) < 4.78 is 120. The summed E-state index contributed by atoms with van der Waals surface area (Å²) in [5, 5.41) is 0. The Morgan fingerprint density at radius 2 is 1.36 bits per heavy atom. The Kier molecular flexibility index (Phi) is 5.88. The van der Waals surface area contributed by atoms with Crippen LogP contribution in [0.1, 0.15) is 0 Å². The third kappa shape index (κ3) is 5.77. The van der Waals surface area contributed by atoms with E-state index in [1.54, 1.807) is 4.52 Å². The maximum absolute atomic E-state index is 13.8. The average Bonchev–Trinajstić information content (AvgIpc) is 2.21. The Morgan fingerprint density at radius 1 is 0.909 bits per heavy atom. The Labute approximate surface area is 121 Å². The number of hydrogen-bond acceptors (Lipinski definition) is 10.